The molecule has 2 aromatic rings. The van der Waals surface area contributed by atoms with Crippen molar-refractivity contribution >= 4 is 11.6 Å². The van der Waals surface area contributed by atoms with Crippen LogP contribution in [0.25, 0.3) is 11.3 Å². The number of halogens is 1. The summed E-state index contributed by atoms with van der Waals surface area (Å²) in [6.07, 6.45) is 3.30. The number of unbranched alkanes of at least 4 members (excludes halogenated alkanes) is 1. The molecule has 0 fully saturated rings. The monoisotopic (exact) mass is 246 g/mol. The van der Waals surface area contributed by atoms with E-state index in [1.165, 1.54) is 5.56 Å². The first-order chi connectivity index (χ1) is 8.31. The standard InChI is InChI=1S/C14H15ClN2/c1-2-3-7-12-10-13(15)16-17-14(12)11-8-5-4-6-9-11/h4-6,8-10H,2-3,7H2,1H3. The predicted octanol–water partition coefficient (Wildman–Crippen LogP) is 4.14. The van der Waals surface area contributed by atoms with E-state index in [1.807, 2.05) is 36.4 Å². The number of nitrogens with zero attached hydrogens (tertiary/aromatic N) is 2. The molecule has 0 bridgehead atoms. The number of aromatic nitrogens is 2. The summed E-state index contributed by atoms with van der Waals surface area (Å²) in [5.41, 5.74) is 3.23. The fourth-order valence-electron chi connectivity index (χ4n) is 1.80. The molecule has 0 aliphatic carbocycles. The van der Waals surface area contributed by atoms with Crippen LogP contribution in [-0.4, -0.2) is 10.2 Å². The summed E-state index contributed by atoms with van der Waals surface area (Å²) in [5.74, 6) is 0. The summed E-state index contributed by atoms with van der Waals surface area (Å²) in [7, 11) is 0. The average molecular weight is 247 g/mol. The van der Waals surface area contributed by atoms with E-state index in [4.69, 9.17) is 11.6 Å². The van der Waals surface area contributed by atoms with Gasteiger partial charge < -0.3 is 0 Å². The molecule has 0 saturated heterocycles. The van der Waals surface area contributed by atoms with Crippen LogP contribution < -0.4 is 0 Å². The number of rotatable bonds is 4. The van der Waals surface area contributed by atoms with E-state index < -0.39 is 0 Å². The molecule has 3 heteroatoms. The van der Waals surface area contributed by atoms with Gasteiger partial charge >= 0.3 is 0 Å². The van der Waals surface area contributed by atoms with Gasteiger partial charge in [0, 0.05) is 5.56 Å². The van der Waals surface area contributed by atoms with E-state index in [-0.39, 0.29) is 0 Å². The summed E-state index contributed by atoms with van der Waals surface area (Å²) in [4.78, 5) is 0. The molecule has 1 heterocycles. The van der Waals surface area contributed by atoms with Crippen molar-refractivity contribution in [3.63, 3.8) is 0 Å². The van der Waals surface area contributed by atoms with E-state index >= 15 is 0 Å². The highest BCUT2D eigenvalue weighted by Gasteiger charge is 2.08. The Bertz CT molecular complexity index is 483. The van der Waals surface area contributed by atoms with Gasteiger partial charge in [0.2, 0.25) is 0 Å². The third kappa shape index (κ3) is 3.04. The van der Waals surface area contributed by atoms with Crippen molar-refractivity contribution in [3.8, 4) is 11.3 Å². The van der Waals surface area contributed by atoms with Crippen molar-refractivity contribution in [2.45, 2.75) is 26.2 Å². The van der Waals surface area contributed by atoms with Crippen molar-refractivity contribution < 1.29 is 0 Å². The summed E-state index contributed by atoms with van der Waals surface area (Å²) < 4.78 is 0. The molecule has 0 amide bonds. The molecule has 0 atom stereocenters. The Labute approximate surface area is 107 Å². The lowest BCUT2D eigenvalue weighted by molar-refractivity contribution is 0.789. The second kappa shape index (κ2) is 5.78. The molecular formula is C14H15ClN2. The number of hydrogen-bond donors (Lipinski definition) is 0. The first-order valence-corrected chi connectivity index (χ1v) is 6.26. The SMILES string of the molecule is CCCCc1cc(Cl)nnc1-c1ccccc1. The van der Waals surface area contributed by atoms with Crippen molar-refractivity contribution in [1.29, 1.82) is 0 Å². The minimum absolute atomic E-state index is 0.468. The molecule has 0 aliphatic rings. The Balaban J connectivity index is 2.39. The van der Waals surface area contributed by atoms with Gasteiger partial charge in [-0.15, -0.1) is 10.2 Å². The van der Waals surface area contributed by atoms with Crippen molar-refractivity contribution in [3.05, 3.63) is 47.1 Å². The highest BCUT2D eigenvalue weighted by molar-refractivity contribution is 6.29. The number of aryl methyl sites for hydroxylation is 1. The average Bonchev–Trinajstić information content (AvgIpc) is 2.37. The van der Waals surface area contributed by atoms with Crippen molar-refractivity contribution in [2.75, 3.05) is 0 Å². The summed E-state index contributed by atoms with van der Waals surface area (Å²) in [6.45, 7) is 2.18. The second-order valence-corrected chi connectivity index (χ2v) is 4.40. The van der Waals surface area contributed by atoms with Crippen molar-refractivity contribution in [1.82, 2.24) is 10.2 Å². The van der Waals surface area contributed by atoms with Gasteiger partial charge in [-0.3, -0.25) is 0 Å². The first kappa shape index (κ1) is 12.1. The molecular weight excluding hydrogens is 232 g/mol. The third-order valence-corrected chi connectivity index (χ3v) is 2.87. The molecule has 1 aromatic heterocycles. The maximum absolute atomic E-state index is 5.91. The van der Waals surface area contributed by atoms with Crippen LogP contribution in [0.1, 0.15) is 25.3 Å². The molecule has 0 spiro atoms. The highest BCUT2D eigenvalue weighted by atomic mass is 35.5. The fraction of sp³-hybridized carbons (Fsp3) is 0.286. The molecule has 17 heavy (non-hydrogen) atoms. The zero-order valence-electron chi connectivity index (χ0n) is 9.86. The molecule has 0 unspecified atom stereocenters. The van der Waals surface area contributed by atoms with Crippen LogP contribution in [0.3, 0.4) is 0 Å². The van der Waals surface area contributed by atoms with Crippen LogP contribution >= 0.6 is 11.6 Å². The van der Waals surface area contributed by atoms with Gasteiger partial charge in [0.15, 0.2) is 5.15 Å². The Hall–Kier alpha value is -1.41. The molecule has 0 N–H and O–H groups in total. The van der Waals surface area contributed by atoms with E-state index in [9.17, 15) is 0 Å². The molecule has 0 radical (unpaired) electrons. The molecule has 2 rings (SSSR count). The Morgan fingerprint density at radius 1 is 1.12 bits per heavy atom. The lowest BCUT2D eigenvalue weighted by Crippen LogP contribution is -1.96. The zero-order chi connectivity index (χ0) is 12.1. The van der Waals surface area contributed by atoms with Gasteiger partial charge in [0.1, 0.15) is 0 Å². The van der Waals surface area contributed by atoms with Crippen LogP contribution in [0, 0.1) is 0 Å². The lowest BCUT2D eigenvalue weighted by atomic mass is 10.0. The van der Waals surface area contributed by atoms with Gasteiger partial charge in [-0.25, -0.2) is 0 Å². The smallest absolute Gasteiger partial charge is 0.149 e. The fourth-order valence-corrected chi connectivity index (χ4v) is 1.97. The van der Waals surface area contributed by atoms with E-state index in [2.05, 4.69) is 17.1 Å². The largest absolute Gasteiger partial charge is 0.152 e. The molecule has 2 nitrogen and oxygen atoms in total. The van der Waals surface area contributed by atoms with Crippen LogP contribution in [0.4, 0.5) is 0 Å². The first-order valence-electron chi connectivity index (χ1n) is 5.88. The van der Waals surface area contributed by atoms with Gasteiger partial charge in [-0.1, -0.05) is 55.3 Å². The Morgan fingerprint density at radius 3 is 2.59 bits per heavy atom. The normalized spacial score (nSPS) is 10.5. The van der Waals surface area contributed by atoms with Crippen LogP contribution in [-0.2, 0) is 6.42 Å². The quantitative estimate of drug-likeness (QED) is 0.810. The molecule has 88 valence electrons. The third-order valence-electron chi connectivity index (χ3n) is 2.69. The van der Waals surface area contributed by atoms with Gasteiger partial charge in [-0.05, 0) is 24.5 Å². The van der Waals surface area contributed by atoms with E-state index in [0.717, 1.165) is 30.5 Å². The maximum Gasteiger partial charge on any atom is 0.152 e. The van der Waals surface area contributed by atoms with E-state index in [0.29, 0.717) is 5.15 Å². The highest BCUT2D eigenvalue weighted by Crippen LogP contribution is 2.23. The Morgan fingerprint density at radius 2 is 1.88 bits per heavy atom. The molecule has 0 aliphatic heterocycles. The predicted molar refractivity (Wildman–Crippen MR) is 71.1 cm³/mol. The molecule has 0 saturated carbocycles. The lowest BCUT2D eigenvalue weighted by Gasteiger charge is -2.07. The second-order valence-electron chi connectivity index (χ2n) is 4.01. The zero-order valence-corrected chi connectivity index (χ0v) is 10.6. The topological polar surface area (TPSA) is 25.8 Å². The van der Waals surface area contributed by atoms with Crippen molar-refractivity contribution in [2.24, 2.45) is 0 Å². The number of benzene rings is 1. The minimum Gasteiger partial charge on any atom is -0.149 e. The summed E-state index contributed by atoms with van der Waals surface area (Å²) >= 11 is 5.91. The molecule has 1 aromatic carbocycles. The number of hydrogen-bond acceptors (Lipinski definition) is 2. The summed E-state index contributed by atoms with van der Waals surface area (Å²) in [6, 6.07) is 12.0. The van der Waals surface area contributed by atoms with Crippen LogP contribution in [0.5, 0.6) is 0 Å². The maximum atomic E-state index is 5.91. The van der Waals surface area contributed by atoms with Crippen LogP contribution in [0.15, 0.2) is 36.4 Å². The summed E-state index contributed by atoms with van der Waals surface area (Å²) in [5, 5.41) is 8.63. The Kier molecular flexibility index (Phi) is 4.10. The minimum atomic E-state index is 0.468. The van der Waals surface area contributed by atoms with E-state index in [1.54, 1.807) is 0 Å². The van der Waals surface area contributed by atoms with Crippen LogP contribution in [0.2, 0.25) is 5.15 Å². The van der Waals surface area contributed by atoms with Gasteiger partial charge in [-0.2, -0.15) is 0 Å². The van der Waals surface area contributed by atoms with Gasteiger partial charge in [0.05, 0.1) is 5.69 Å². The van der Waals surface area contributed by atoms with Gasteiger partial charge in [0.25, 0.3) is 0 Å².